The van der Waals surface area contributed by atoms with E-state index in [2.05, 4.69) is 0 Å². The Kier molecular flexibility index (Phi) is 3.32. The van der Waals surface area contributed by atoms with Crippen molar-refractivity contribution in [2.24, 2.45) is 5.92 Å². The van der Waals surface area contributed by atoms with Crippen LogP contribution in [0.3, 0.4) is 0 Å². The van der Waals surface area contributed by atoms with Crippen LogP contribution in [0, 0.1) is 5.92 Å². The molecule has 1 aliphatic heterocycles. The molecule has 0 aromatic heterocycles. The number of allylic oxidation sites excluding steroid dienone is 1. The van der Waals surface area contributed by atoms with E-state index < -0.39 is 0 Å². The lowest BCUT2D eigenvalue weighted by atomic mass is 9.97. The molecule has 0 N–H and O–H groups in total. The summed E-state index contributed by atoms with van der Waals surface area (Å²) in [4.78, 5) is 11.6. The molecule has 0 spiro atoms. The predicted octanol–water partition coefficient (Wildman–Crippen LogP) is 2.30. The maximum Gasteiger partial charge on any atom is 0.200 e. The van der Waals surface area contributed by atoms with Gasteiger partial charge in [0.2, 0.25) is 0 Å². The van der Waals surface area contributed by atoms with Crippen molar-refractivity contribution in [3.8, 4) is 0 Å². The number of rotatable bonds is 4. The number of ketones is 1. The summed E-state index contributed by atoms with van der Waals surface area (Å²) in [6.07, 6.45) is 4.62. The summed E-state index contributed by atoms with van der Waals surface area (Å²) in [6, 6.07) is 0. The van der Waals surface area contributed by atoms with Crippen LogP contribution in [0.2, 0.25) is 0 Å². The molecule has 1 rings (SSSR count). The second-order valence-electron chi connectivity index (χ2n) is 3.08. The highest BCUT2D eigenvalue weighted by molar-refractivity contribution is 5.95. The summed E-state index contributed by atoms with van der Waals surface area (Å²) in [5.74, 6) is 0.954. The Hall–Kier alpha value is -0.790. The summed E-state index contributed by atoms with van der Waals surface area (Å²) < 4.78 is 5.21. The van der Waals surface area contributed by atoms with Gasteiger partial charge in [0.1, 0.15) is 0 Å². The van der Waals surface area contributed by atoms with Crippen LogP contribution in [0.1, 0.15) is 33.1 Å². The van der Waals surface area contributed by atoms with E-state index in [4.69, 9.17) is 4.74 Å². The van der Waals surface area contributed by atoms with Crippen LogP contribution in [-0.4, -0.2) is 12.4 Å². The van der Waals surface area contributed by atoms with E-state index in [0.717, 1.165) is 19.3 Å². The van der Waals surface area contributed by atoms with Crippen molar-refractivity contribution in [3.05, 3.63) is 11.8 Å². The normalized spacial score (nSPS) is 16.1. The smallest absolute Gasteiger partial charge is 0.200 e. The first-order valence-electron chi connectivity index (χ1n) is 4.66. The third-order valence-electron chi connectivity index (χ3n) is 2.30. The number of carbonyl (C=O) groups is 1. The zero-order valence-electron chi connectivity index (χ0n) is 7.80. The van der Waals surface area contributed by atoms with Gasteiger partial charge in [0.25, 0.3) is 0 Å². The predicted molar refractivity (Wildman–Crippen MR) is 47.7 cm³/mol. The van der Waals surface area contributed by atoms with Crippen LogP contribution in [0.25, 0.3) is 0 Å². The summed E-state index contributed by atoms with van der Waals surface area (Å²) in [6.45, 7) is 4.77. The molecule has 0 unspecified atom stereocenters. The topological polar surface area (TPSA) is 26.3 Å². The van der Waals surface area contributed by atoms with Crippen molar-refractivity contribution in [2.75, 3.05) is 6.61 Å². The minimum absolute atomic E-state index is 0.161. The Balaban J connectivity index is 2.55. The molecule has 0 saturated carbocycles. The Morgan fingerprint density at radius 3 is 2.67 bits per heavy atom. The summed E-state index contributed by atoms with van der Waals surface area (Å²) in [5, 5.41) is 0. The van der Waals surface area contributed by atoms with E-state index in [1.807, 2.05) is 19.9 Å². The van der Waals surface area contributed by atoms with Gasteiger partial charge in [-0.3, -0.25) is 4.79 Å². The lowest BCUT2D eigenvalue weighted by Gasteiger charge is -2.10. The third-order valence-corrected chi connectivity index (χ3v) is 2.30. The number of ether oxygens (including phenoxy) is 1. The van der Waals surface area contributed by atoms with Gasteiger partial charge in [-0.15, -0.1) is 0 Å². The molecule has 0 bridgehead atoms. The highest BCUT2D eigenvalue weighted by Gasteiger charge is 2.21. The summed E-state index contributed by atoms with van der Waals surface area (Å²) in [5.41, 5.74) is 0. The van der Waals surface area contributed by atoms with Gasteiger partial charge in [0.05, 0.1) is 6.61 Å². The quantitative estimate of drug-likeness (QED) is 0.643. The molecule has 0 aromatic carbocycles. The maximum absolute atomic E-state index is 11.6. The van der Waals surface area contributed by atoms with Crippen LogP contribution in [0.15, 0.2) is 11.8 Å². The lowest BCUT2D eigenvalue weighted by molar-refractivity contribution is -0.122. The van der Waals surface area contributed by atoms with Gasteiger partial charge in [0, 0.05) is 12.3 Å². The number of Topliss-reactive ketones (excluding diaryl/α,β-unsaturated/α-hetero) is 1. The Morgan fingerprint density at radius 2 is 2.25 bits per heavy atom. The standard InChI is InChI=1S/C10H16O2/c1-3-8(4-2)10(11)9-6-5-7-12-9/h6,8H,3-5,7H2,1-2H3. The highest BCUT2D eigenvalue weighted by Crippen LogP contribution is 2.19. The molecule has 0 radical (unpaired) electrons. The Bertz CT molecular complexity index is 190. The summed E-state index contributed by atoms with van der Waals surface area (Å²) >= 11 is 0. The fourth-order valence-corrected chi connectivity index (χ4v) is 1.45. The highest BCUT2D eigenvalue weighted by atomic mass is 16.5. The van der Waals surface area contributed by atoms with E-state index in [0.29, 0.717) is 12.4 Å². The van der Waals surface area contributed by atoms with Crippen molar-refractivity contribution in [2.45, 2.75) is 33.1 Å². The van der Waals surface area contributed by atoms with E-state index in [1.54, 1.807) is 0 Å². The molecule has 0 aromatic rings. The van der Waals surface area contributed by atoms with Crippen molar-refractivity contribution in [1.29, 1.82) is 0 Å². The minimum Gasteiger partial charge on any atom is -0.490 e. The Labute approximate surface area is 73.6 Å². The molecule has 0 atom stereocenters. The van der Waals surface area contributed by atoms with Crippen molar-refractivity contribution >= 4 is 5.78 Å². The second kappa shape index (κ2) is 4.29. The van der Waals surface area contributed by atoms with Crippen molar-refractivity contribution in [3.63, 3.8) is 0 Å². The van der Waals surface area contributed by atoms with Gasteiger partial charge in [-0.25, -0.2) is 0 Å². The monoisotopic (exact) mass is 168 g/mol. The SMILES string of the molecule is CCC(CC)C(=O)C1=CCCO1. The van der Waals surface area contributed by atoms with Gasteiger partial charge in [-0.05, 0) is 18.9 Å². The molecule has 12 heavy (non-hydrogen) atoms. The Morgan fingerprint density at radius 1 is 1.58 bits per heavy atom. The number of carbonyl (C=O) groups excluding carboxylic acids is 1. The molecule has 2 heteroatoms. The van der Waals surface area contributed by atoms with E-state index in [9.17, 15) is 4.79 Å². The van der Waals surface area contributed by atoms with E-state index >= 15 is 0 Å². The van der Waals surface area contributed by atoms with Crippen molar-refractivity contribution < 1.29 is 9.53 Å². The van der Waals surface area contributed by atoms with Crippen LogP contribution >= 0.6 is 0 Å². The molecule has 0 amide bonds. The van der Waals surface area contributed by atoms with Crippen LogP contribution in [0.5, 0.6) is 0 Å². The molecule has 1 aliphatic rings. The zero-order chi connectivity index (χ0) is 8.97. The molecule has 0 saturated heterocycles. The van der Waals surface area contributed by atoms with Gasteiger partial charge < -0.3 is 4.74 Å². The van der Waals surface area contributed by atoms with Crippen molar-refractivity contribution in [1.82, 2.24) is 0 Å². The van der Waals surface area contributed by atoms with Gasteiger partial charge >= 0.3 is 0 Å². The van der Waals surface area contributed by atoms with Gasteiger partial charge in [0.15, 0.2) is 11.5 Å². The zero-order valence-corrected chi connectivity index (χ0v) is 7.80. The fourth-order valence-electron chi connectivity index (χ4n) is 1.45. The van der Waals surface area contributed by atoms with Gasteiger partial charge in [-0.1, -0.05) is 13.8 Å². The number of hydrogen-bond acceptors (Lipinski definition) is 2. The third kappa shape index (κ3) is 1.87. The largest absolute Gasteiger partial charge is 0.490 e. The second-order valence-corrected chi connectivity index (χ2v) is 3.08. The minimum atomic E-state index is 0.161. The maximum atomic E-state index is 11.6. The average molecular weight is 168 g/mol. The molecule has 0 aliphatic carbocycles. The lowest BCUT2D eigenvalue weighted by Crippen LogP contribution is -2.15. The summed E-state index contributed by atoms with van der Waals surface area (Å²) in [7, 11) is 0. The first-order chi connectivity index (χ1) is 5.79. The molecular weight excluding hydrogens is 152 g/mol. The molecule has 0 fully saturated rings. The average Bonchev–Trinajstić information content (AvgIpc) is 2.58. The molecule has 68 valence electrons. The molecular formula is C10H16O2. The van der Waals surface area contributed by atoms with Crippen LogP contribution in [0.4, 0.5) is 0 Å². The van der Waals surface area contributed by atoms with E-state index in [1.165, 1.54) is 0 Å². The van der Waals surface area contributed by atoms with E-state index in [-0.39, 0.29) is 11.7 Å². The molecule has 2 nitrogen and oxygen atoms in total. The first kappa shape index (κ1) is 9.30. The number of hydrogen-bond donors (Lipinski definition) is 0. The fraction of sp³-hybridized carbons (Fsp3) is 0.700. The molecule has 1 heterocycles. The van der Waals surface area contributed by atoms with Crippen LogP contribution < -0.4 is 0 Å². The van der Waals surface area contributed by atoms with Crippen LogP contribution in [-0.2, 0) is 9.53 Å². The van der Waals surface area contributed by atoms with Gasteiger partial charge in [-0.2, -0.15) is 0 Å². The first-order valence-corrected chi connectivity index (χ1v) is 4.66.